The molecular weight excluding hydrogens is 302 g/mol. The second-order valence-electron chi connectivity index (χ2n) is 6.34. The quantitative estimate of drug-likeness (QED) is 0.719. The number of oxazole rings is 1. The van der Waals surface area contributed by atoms with Crippen LogP contribution < -0.4 is 4.90 Å². The highest BCUT2D eigenvalue weighted by atomic mass is 16.3. The number of anilines is 1. The Morgan fingerprint density at radius 3 is 3.00 bits per heavy atom. The zero-order chi connectivity index (χ0) is 16.4. The monoisotopic (exact) mass is 323 g/mol. The number of fused-ring (bicyclic) bond motifs is 1. The molecule has 1 saturated heterocycles. The molecule has 124 valence electrons. The van der Waals surface area contributed by atoms with E-state index in [2.05, 4.69) is 32.0 Å². The predicted molar refractivity (Wildman–Crippen MR) is 92.7 cm³/mol. The van der Waals surface area contributed by atoms with Gasteiger partial charge in [0.1, 0.15) is 5.52 Å². The first-order chi connectivity index (χ1) is 11.8. The van der Waals surface area contributed by atoms with Gasteiger partial charge in [0.25, 0.3) is 0 Å². The molecule has 3 heterocycles. The van der Waals surface area contributed by atoms with E-state index in [1.807, 2.05) is 36.4 Å². The number of benzene rings is 1. The number of likely N-dealkylation sites (N-methyl/N-ethyl adjacent to an activating group) is 1. The number of para-hydroxylation sites is 2. The summed E-state index contributed by atoms with van der Waals surface area (Å²) in [6.07, 6.45) is 4.08. The molecule has 6 nitrogen and oxygen atoms in total. The van der Waals surface area contributed by atoms with Crippen molar-refractivity contribution in [3.8, 4) is 0 Å². The molecule has 0 N–H and O–H groups in total. The smallest absolute Gasteiger partial charge is 0.209 e. The lowest BCUT2D eigenvalue weighted by Crippen LogP contribution is -2.39. The van der Waals surface area contributed by atoms with Gasteiger partial charge in [-0.2, -0.15) is 5.10 Å². The van der Waals surface area contributed by atoms with Gasteiger partial charge in [0.05, 0.1) is 6.54 Å². The van der Waals surface area contributed by atoms with Gasteiger partial charge in [-0.1, -0.05) is 12.1 Å². The number of aromatic nitrogens is 3. The van der Waals surface area contributed by atoms with Crippen LogP contribution in [0.25, 0.3) is 11.1 Å². The summed E-state index contributed by atoms with van der Waals surface area (Å²) >= 11 is 0. The maximum Gasteiger partial charge on any atom is 0.209 e. The van der Waals surface area contributed by atoms with E-state index in [-0.39, 0.29) is 0 Å². The molecule has 4 rings (SSSR count). The van der Waals surface area contributed by atoms with Crippen molar-refractivity contribution in [2.24, 2.45) is 0 Å². The topological polar surface area (TPSA) is 58.3 Å². The number of rotatable bonds is 5. The van der Waals surface area contributed by atoms with E-state index < -0.39 is 0 Å². The van der Waals surface area contributed by atoms with Gasteiger partial charge < -0.3 is 9.32 Å². The minimum Gasteiger partial charge on any atom is -0.439 e. The van der Waals surface area contributed by atoms with Crippen molar-refractivity contribution in [3.63, 3.8) is 0 Å². The van der Waals surface area contributed by atoms with Crippen LogP contribution in [0, 0.1) is 0 Å². The molecule has 6 heteroatoms. The van der Waals surface area contributed by atoms with Gasteiger partial charge in [-0.15, -0.1) is 5.10 Å². The maximum absolute atomic E-state index is 5.83. The summed E-state index contributed by atoms with van der Waals surface area (Å²) in [6, 6.07) is 12.3. The van der Waals surface area contributed by atoms with Crippen molar-refractivity contribution in [3.05, 3.63) is 48.5 Å². The van der Waals surface area contributed by atoms with Crippen LogP contribution >= 0.6 is 0 Å². The third-order valence-electron chi connectivity index (χ3n) is 4.50. The largest absolute Gasteiger partial charge is 0.439 e. The fraction of sp³-hybridized carbons (Fsp3) is 0.389. The molecule has 3 aromatic rings. The zero-order valence-corrected chi connectivity index (χ0v) is 13.8. The molecule has 24 heavy (non-hydrogen) atoms. The summed E-state index contributed by atoms with van der Waals surface area (Å²) in [5, 5.41) is 8.26. The number of hydrogen-bond acceptors (Lipinski definition) is 6. The Balaban J connectivity index is 1.42. The van der Waals surface area contributed by atoms with E-state index in [1.165, 1.54) is 12.8 Å². The van der Waals surface area contributed by atoms with E-state index in [9.17, 15) is 0 Å². The van der Waals surface area contributed by atoms with Crippen molar-refractivity contribution in [1.29, 1.82) is 0 Å². The molecular formula is C18H21N5O. The highest BCUT2D eigenvalue weighted by Crippen LogP contribution is 2.24. The Kier molecular flexibility index (Phi) is 4.13. The lowest BCUT2D eigenvalue weighted by molar-refractivity contribution is 0.274. The molecule has 1 aromatic carbocycles. The fourth-order valence-electron chi connectivity index (χ4n) is 3.42. The normalized spacial score (nSPS) is 17.9. The predicted octanol–water partition coefficient (Wildman–Crippen LogP) is 2.72. The number of nitrogens with zero attached hydrogens (tertiary/aromatic N) is 5. The van der Waals surface area contributed by atoms with Crippen molar-refractivity contribution >= 4 is 16.9 Å². The first kappa shape index (κ1) is 15.1. The minimum atomic E-state index is 0.455. The Labute approximate surface area is 141 Å². The Bertz CT molecular complexity index is 770. The summed E-state index contributed by atoms with van der Waals surface area (Å²) in [7, 11) is 2.11. The van der Waals surface area contributed by atoms with Crippen LogP contribution in [0.4, 0.5) is 5.82 Å². The Morgan fingerprint density at radius 1 is 1.25 bits per heavy atom. The maximum atomic E-state index is 5.83. The molecule has 0 saturated carbocycles. The van der Waals surface area contributed by atoms with Gasteiger partial charge in [0, 0.05) is 25.3 Å². The summed E-state index contributed by atoms with van der Waals surface area (Å²) in [6.45, 7) is 2.70. The second kappa shape index (κ2) is 6.57. The van der Waals surface area contributed by atoms with Gasteiger partial charge in [0.2, 0.25) is 5.89 Å². The SMILES string of the molecule is CN(Cc1nc2ccccc2o1)C[C@@H]1CCCN1c1cccnn1. The molecule has 0 radical (unpaired) electrons. The van der Waals surface area contributed by atoms with Crippen LogP contribution in [0.3, 0.4) is 0 Å². The molecule has 0 aliphatic carbocycles. The number of hydrogen-bond donors (Lipinski definition) is 0. The molecule has 1 atom stereocenters. The second-order valence-corrected chi connectivity index (χ2v) is 6.34. The van der Waals surface area contributed by atoms with E-state index in [0.29, 0.717) is 12.6 Å². The van der Waals surface area contributed by atoms with Crippen LogP contribution in [0.1, 0.15) is 18.7 Å². The highest BCUT2D eigenvalue weighted by molar-refractivity contribution is 5.72. The summed E-state index contributed by atoms with van der Waals surface area (Å²) in [5.74, 6) is 1.73. The standard InChI is InChI=1S/C18H21N5O/c1-22(13-18-20-15-7-2-3-8-16(15)24-18)12-14-6-5-11-23(14)17-9-4-10-19-21-17/h2-4,7-10,14H,5-6,11-13H2,1H3/t14-/m0/s1. The average Bonchev–Trinajstić information content (AvgIpc) is 3.21. The molecule has 2 aromatic heterocycles. The molecule has 1 aliphatic heterocycles. The van der Waals surface area contributed by atoms with Gasteiger partial charge in [-0.25, -0.2) is 4.98 Å². The summed E-state index contributed by atoms with van der Waals surface area (Å²) in [4.78, 5) is 9.18. The average molecular weight is 323 g/mol. The summed E-state index contributed by atoms with van der Waals surface area (Å²) < 4.78 is 5.83. The summed E-state index contributed by atoms with van der Waals surface area (Å²) in [5.41, 5.74) is 1.77. The van der Waals surface area contributed by atoms with Crippen molar-refractivity contribution < 1.29 is 4.42 Å². The van der Waals surface area contributed by atoms with Crippen LogP contribution in [-0.4, -0.2) is 46.3 Å². The lowest BCUT2D eigenvalue weighted by Gasteiger charge is -2.28. The van der Waals surface area contributed by atoms with Crippen LogP contribution in [0.2, 0.25) is 0 Å². The van der Waals surface area contributed by atoms with Gasteiger partial charge in [0.15, 0.2) is 11.4 Å². The molecule has 0 bridgehead atoms. The third-order valence-corrected chi connectivity index (χ3v) is 4.50. The zero-order valence-electron chi connectivity index (χ0n) is 13.8. The fourth-order valence-corrected chi connectivity index (χ4v) is 3.42. The van der Waals surface area contributed by atoms with E-state index in [4.69, 9.17) is 4.42 Å². The van der Waals surface area contributed by atoms with Gasteiger partial charge >= 0.3 is 0 Å². The van der Waals surface area contributed by atoms with E-state index in [1.54, 1.807) is 6.20 Å². The van der Waals surface area contributed by atoms with Crippen molar-refractivity contribution in [2.45, 2.75) is 25.4 Å². The van der Waals surface area contributed by atoms with E-state index in [0.717, 1.165) is 35.9 Å². The Hall–Kier alpha value is -2.47. The first-order valence-corrected chi connectivity index (χ1v) is 8.37. The first-order valence-electron chi connectivity index (χ1n) is 8.37. The Morgan fingerprint density at radius 2 is 2.17 bits per heavy atom. The van der Waals surface area contributed by atoms with Gasteiger partial charge in [-0.3, -0.25) is 4.90 Å². The molecule has 1 fully saturated rings. The van der Waals surface area contributed by atoms with Crippen molar-refractivity contribution in [1.82, 2.24) is 20.1 Å². The van der Waals surface area contributed by atoms with Crippen LogP contribution in [0.5, 0.6) is 0 Å². The van der Waals surface area contributed by atoms with E-state index >= 15 is 0 Å². The van der Waals surface area contributed by atoms with Crippen LogP contribution in [0.15, 0.2) is 47.0 Å². The molecule has 0 amide bonds. The lowest BCUT2D eigenvalue weighted by atomic mass is 10.2. The van der Waals surface area contributed by atoms with Crippen molar-refractivity contribution in [2.75, 3.05) is 25.0 Å². The van der Waals surface area contributed by atoms with Gasteiger partial charge in [-0.05, 0) is 44.2 Å². The molecule has 0 unspecified atom stereocenters. The minimum absolute atomic E-state index is 0.455. The van der Waals surface area contributed by atoms with Crippen LogP contribution in [-0.2, 0) is 6.54 Å². The molecule has 0 spiro atoms. The highest BCUT2D eigenvalue weighted by Gasteiger charge is 2.27. The third kappa shape index (κ3) is 3.10. The molecule has 1 aliphatic rings.